The van der Waals surface area contributed by atoms with Crippen molar-refractivity contribution in [1.82, 2.24) is 35.1 Å². The fourth-order valence-electron chi connectivity index (χ4n) is 7.27. The van der Waals surface area contributed by atoms with Crippen LogP contribution in [0, 0.1) is 0 Å². The molecular weight excluding hydrogens is 1030 g/mol. The number of hydrogen-bond acceptors (Lipinski definition) is 19. The SMILES string of the molecule is CN(C)CCCC(=O)Oc1cc(CCCCc2ccc(OC(=O)CCCN(C)C)c(OC(=O)NCCN(C)C)c2)ccc1OC(=O)NCCN(C)C.CN(C)CCN=C=O.Oc1ccc(CCCCc2ccc(O)c(O)c2)cc1O. The number of phenolic OH excluding ortho intramolecular Hbond substituents is 4. The Kier molecular flexibility index (Phi) is 33.7. The third kappa shape index (κ3) is 32.0. The van der Waals surface area contributed by atoms with Crippen molar-refractivity contribution in [3.05, 3.63) is 95.1 Å². The van der Waals surface area contributed by atoms with Crippen LogP contribution in [-0.4, -0.2) is 198 Å². The van der Waals surface area contributed by atoms with E-state index >= 15 is 0 Å². The van der Waals surface area contributed by atoms with Crippen LogP contribution in [-0.2, 0) is 40.1 Å². The van der Waals surface area contributed by atoms with Crippen molar-refractivity contribution in [2.24, 2.45) is 4.99 Å². The van der Waals surface area contributed by atoms with Crippen LogP contribution in [0.1, 0.15) is 73.6 Å². The Hall–Kier alpha value is -7.26. The Labute approximate surface area is 473 Å². The third-order valence-corrected chi connectivity index (χ3v) is 11.7. The maximum atomic E-state index is 12.7. The highest BCUT2D eigenvalue weighted by Crippen LogP contribution is 2.32. The molecule has 0 aliphatic carbocycles. The molecule has 0 heterocycles. The molecule has 0 unspecified atom stereocenters. The van der Waals surface area contributed by atoms with E-state index in [1.54, 1.807) is 48.5 Å². The van der Waals surface area contributed by atoms with E-state index in [2.05, 4.69) is 15.6 Å². The van der Waals surface area contributed by atoms with Gasteiger partial charge in [-0.25, -0.2) is 19.4 Å². The van der Waals surface area contributed by atoms with Crippen LogP contribution in [0.15, 0.2) is 77.8 Å². The lowest BCUT2D eigenvalue weighted by molar-refractivity contribution is -0.135. The predicted octanol–water partition coefficient (Wildman–Crippen LogP) is 7.00. The molecule has 6 N–H and O–H groups in total. The van der Waals surface area contributed by atoms with E-state index in [9.17, 15) is 44.4 Å². The minimum atomic E-state index is -0.628. The fraction of sp³-hybridized carbons (Fsp3) is 0.508. The second-order valence-electron chi connectivity index (χ2n) is 20.4. The average molecular weight is 1120 g/mol. The van der Waals surface area contributed by atoms with Gasteiger partial charge < -0.3 is 74.5 Å². The summed E-state index contributed by atoms with van der Waals surface area (Å²) in [5.74, 6) is -0.440. The van der Waals surface area contributed by atoms with Gasteiger partial charge in [0.25, 0.3) is 0 Å². The first-order valence-electron chi connectivity index (χ1n) is 26.9. The maximum Gasteiger partial charge on any atom is 0.412 e. The van der Waals surface area contributed by atoms with Gasteiger partial charge in [-0.05, 0) is 219 Å². The smallest absolute Gasteiger partial charge is 0.412 e. The largest absolute Gasteiger partial charge is 0.504 e. The molecule has 4 rings (SSSR count). The zero-order valence-electron chi connectivity index (χ0n) is 48.7. The van der Waals surface area contributed by atoms with Crippen LogP contribution in [0.5, 0.6) is 46.0 Å². The Morgan fingerprint density at radius 1 is 0.425 bits per heavy atom. The Balaban J connectivity index is 0.000000632. The van der Waals surface area contributed by atoms with Gasteiger partial charge in [0.05, 0.1) is 6.54 Å². The van der Waals surface area contributed by atoms with Gasteiger partial charge in [0.2, 0.25) is 6.08 Å². The molecule has 0 aliphatic rings. The minimum absolute atomic E-state index is 0.0917. The number of benzene rings is 4. The number of amides is 2. The molecular formula is C59H88N8O13. The Morgan fingerprint density at radius 3 is 1.14 bits per heavy atom. The van der Waals surface area contributed by atoms with E-state index in [-0.39, 0.29) is 58.8 Å². The molecule has 0 aromatic heterocycles. The summed E-state index contributed by atoms with van der Waals surface area (Å²) in [4.78, 5) is 72.9. The molecule has 0 fully saturated rings. The van der Waals surface area contributed by atoms with Crippen LogP contribution in [0.3, 0.4) is 0 Å². The second kappa shape index (κ2) is 39.2. The molecule has 0 saturated heterocycles. The summed E-state index contributed by atoms with van der Waals surface area (Å²) in [5.41, 5.74) is 3.80. The molecule has 80 heavy (non-hydrogen) atoms. The number of carbonyl (C=O) groups excluding carboxylic acids is 5. The van der Waals surface area contributed by atoms with Crippen molar-refractivity contribution in [3.63, 3.8) is 0 Å². The lowest BCUT2D eigenvalue weighted by Gasteiger charge is -2.15. The molecule has 0 atom stereocenters. The summed E-state index contributed by atoms with van der Waals surface area (Å²) >= 11 is 0. The van der Waals surface area contributed by atoms with Crippen LogP contribution in [0.25, 0.3) is 0 Å². The van der Waals surface area contributed by atoms with Gasteiger partial charge in [0, 0.05) is 45.6 Å². The first-order chi connectivity index (χ1) is 38.0. The number of nitrogens with zero attached hydrogens (tertiary/aromatic N) is 6. The zero-order valence-corrected chi connectivity index (χ0v) is 48.7. The van der Waals surface area contributed by atoms with Crippen LogP contribution < -0.4 is 29.6 Å². The summed E-state index contributed by atoms with van der Waals surface area (Å²) in [6.45, 7) is 4.97. The molecule has 21 nitrogen and oxygen atoms in total. The minimum Gasteiger partial charge on any atom is -0.504 e. The van der Waals surface area contributed by atoms with Crippen molar-refractivity contribution >= 4 is 30.2 Å². The number of hydrogen-bond donors (Lipinski definition) is 6. The number of aliphatic imine (C=N–C) groups is 1. The van der Waals surface area contributed by atoms with Crippen molar-refractivity contribution in [2.75, 3.05) is 123 Å². The van der Waals surface area contributed by atoms with E-state index < -0.39 is 24.1 Å². The number of rotatable bonds is 31. The highest BCUT2D eigenvalue weighted by atomic mass is 16.6. The van der Waals surface area contributed by atoms with Crippen molar-refractivity contribution in [1.29, 1.82) is 0 Å². The van der Waals surface area contributed by atoms with Gasteiger partial charge in [-0.15, -0.1) is 0 Å². The molecule has 2 amide bonds. The normalized spacial score (nSPS) is 10.8. The van der Waals surface area contributed by atoms with Gasteiger partial charge >= 0.3 is 24.1 Å². The number of esters is 2. The number of likely N-dealkylation sites (N-methyl/N-ethyl adjacent to an activating group) is 3. The monoisotopic (exact) mass is 1120 g/mol. The lowest BCUT2D eigenvalue weighted by Crippen LogP contribution is -2.33. The summed E-state index contributed by atoms with van der Waals surface area (Å²) in [5, 5.41) is 42.6. The number of nitrogens with one attached hydrogen (secondary N) is 2. The van der Waals surface area contributed by atoms with Gasteiger partial charge in [-0.1, -0.05) is 24.3 Å². The van der Waals surface area contributed by atoms with Gasteiger partial charge in [-0.2, -0.15) is 0 Å². The van der Waals surface area contributed by atoms with Crippen LogP contribution in [0.2, 0.25) is 0 Å². The quantitative estimate of drug-likeness (QED) is 0.00740. The number of aryl methyl sites for hydroxylation is 4. The number of aromatic hydroxyl groups is 4. The molecule has 0 spiro atoms. The number of ether oxygens (including phenoxy) is 4. The van der Waals surface area contributed by atoms with E-state index in [1.807, 2.05) is 107 Å². The Morgan fingerprint density at radius 2 is 0.762 bits per heavy atom. The lowest BCUT2D eigenvalue weighted by atomic mass is 10.0. The first-order valence-corrected chi connectivity index (χ1v) is 26.9. The topological polar surface area (TPSA) is 256 Å². The van der Waals surface area contributed by atoms with E-state index in [0.29, 0.717) is 58.4 Å². The third-order valence-electron chi connectivity index (χ3n) is 11.7. The van der Waals surface area contributed by atoms with Gasteiger partial charge in [-0.3, -0.25) is 9.59 Å². The van der Waals surface area contributed by atoms with E-state index in [4.69, 9.17) is 18.9 Å². The molecule has 0 saturated carbocycles. The fourth-order valence-corrected chi connectivity index (χ4v) is 7.27. The maximum absolute atomic E-state index is 12.7. The van der Waals surface area contributed by atoms with Gasteiger partial charge in [0.15, 0.2) is 46.0 Å². The molecule has 442 valence electrons. The van der Waals surface area contributed by atoms with Crippen molar-refractivity contribution < 1.29 is 63.3 Å². The highest BCUT2D eigenvalue weighted by molar-refractivity contribution is 5.76. The molecule has 0 bridgehead atoms. The average Bonchev–Trinajstić information content (AvgIpc) is 3.40. The second-order valence-corrected chi connectivity index (χ2v) is 20.4. The number of isocyanates is 1. The molecule has 4 aromatic rings. The van der Waals surface area contributed by atoms with E-state index in [0.717, 1.165) is 80.4 Å². The van der Waals surface area contributed by atoms with Crippen LogP contribution >= 0.6 is 0 Å². The summed E-state index contributed by atoms with van der Waals surface area (Å²) < 4.78 is 22.4. The molecule has 21 heteroatoms. The molecule has 0 aliphatic heterocycles. The summed E-state index contributed by atoms with van der Waals surface area (Å²) in [7, 11) is 19.3. The predicted molar refractivity (Wildman–Crippen MR) is 309 cm³/mol. The first kappa shape index (κ1) is 68.8. The standard InChI is InChI=1S/C38H60N6O8.C16H18O4.C5H10N2O/c1-41(2)23-11-15-35(45)49-31-19-17-30(28-34(31)52-38(48)40-22-26-44(7)8)14-10-9-13-29-18-20-32(51-37(47)39-21-25-43(5)6)33(27-29)50-36(46)16-12-24-42(3)4;17-13-7-5-11(9-15(13)19)3-1-2-4-12-6-8-14(18)16(20)10-12;1-7(2)4-3-6-5-8/h17-20,27-28H,9-16,21-26H2,1-8H3,(H,39,47)(H,40,48);5-10,17-20H,1-4H2;3-4H2,1-2H3. The van der Waals surface area contributed by atoms with E-state index in [1.165, 1.54) is 18.2 Å². The van der Waals surface area contributed by atoms with Crippen molar-refractivity contribution in [2.45, 2.75) is 77.0 Å². The summed E-state index contributed by atoms with van der Waals surface area (Å²) in [6.07, 6.45) is 8.43. The van der Waals surface area contributed by atoms with Crippen molar-refractivity contribution in [3.8, 4) is 46.0 Å². The van der Waals surface area contributed by atoms with Gasteiger partial charge in [0.1, 0.15) is 0 Å². The zero-order chi connectivity index (χ0) is 59.4. The number of carbonyl (C=O) groups is 4. The summed E-state index contributed by atoms with van der Waals surface area (Å²) in [6, 6.07) is 20.2. The number of unbranched alkanes of at least 4 members (excludes halogenated alkanes) is 2. The Bertz CT molecular complexity index is 2370. The number of phenols is 4. The van der Waals surface area contributed by atoms with Crippen LogP contribution in [0.4, 0.5) is 9.59 Å². The highest BCUT2D eigenvalue weighted by Gasteiger charge is 2.18. The molecule has 4 aromatic carbocycles. The molecule has 0 radical (unpaired) electrons.